The van der Waals surface area contributed by atoms with Gasteiger partial charge in [0.05, 0.1) is 16.9 Å². The predicted molar refractivity (Wildman–Crippen MR) is 121 cm³/mol. The molecule has 2 amide bonds. The number of aliphatic carboxylic acids is 1. The number of imide groups is 1. The Morgan fingerprint density at radius 3 is 2.67 bits per heavy atom. The molecule has 3 fully saturated rings. The Morgan fingerprint density at radius 2 is 1.88 bits per heavy atom. The highest BCUT2D eigenvalue weighted by Gasteiger charge is 2.69. The van der Waals surface area contributed by atoms with Gasteiger partial charge in [0, 0.05) is 33.1 Å². The number of nitrogens with one attached hydrogen (secondary N) is 2. The van der Waals surface area contributed by atoms with Gasteiger partial charge in [0.2, 0.25) is 11.8 Å². The number of nitrogens with zero attached hydrogens (tertiary/aromatic N) is 1. The van der Waals surface area contributed by atoms with Gasteiger partial charge in [-0.3, -0.25) is 24.1 Å². The van der Waals surface area contributed by atoms with Crippen LogP contribution in [0.15, 0.2) is 40.3 Å². The molecule has 1 aromatic carbocycles. The number of thiazole rings is 1. The van der Waals surface area contributed by atoms with Crippen LogP contribution in [0.2, 0.25) is 0 Å². The third-order valence-electron chi connectivity index (χ3n) is 8.06. The summed E-state index contributed by atoms with van der Waals surface area (Å²) in [6, 6.07) is 8.06. The van der Waals surface area contributed by atoms with E-state index < -0.39 is 24.3 Å². The number of rotatable bonds is 3. The zero-order valence-electron chi connectivity index (χ0n) is 17.2. The van der Waals surface area contributed by atoms with Crippen LogP contribution in [-0.2, 0) is 14.4 Å². The molecule has 168 valence electrons. The van der Waals surface area contributed by atoms with Gasteiger partial charge >= 0.3 is 10.8 Å². The number of aromatic amines is 2. The predicted octanol–water partition coefficient (Wildman–Crippen LogP) is 2.48. The molecule has 3 aromatic rings. The summed E-state index contributed by atoms with van der Waals surface area (Å²) in [7, 11) is 0. The number of benzene rings is 1. The number of fused-ring (bicyclic) bond motifs is 10. The molecule has 7 atom stereocenters. The van der Waals surface area contributed by atoms with E-state index in [1.54, 1.807) is 11.8 Å². The number of carbonyl (C=O) groups is 3. The van der Waals surface area contributed by atoms with Crippen molar-refractivity contribution in [2.45, 2.75) is 22.6 Å². The van der Waals surface area contributed by atoms with Gasteiger partial charge in [-0.05, 0) is 35.8 Å². The zero-order chi connectivity index (χ0) is 22.6. The minimum Gasteiger partial charge on any atom is -0.480 e. The lowest BCUT2D eigenvalue weighted by atomic mass is 9.68. The number of hydrogen-bond acceptors (Lipinski definition) is 6. The Balaban J connectivity index is 1.38. The second kappa shape index (κ2) is 6.60. The van der Waals surface area contributed by atoms with Gasteiger partial charge in [0.25, 0.3) is 0 Å². The molecular weight excluding hydrogens is 462 g/mol. The van der Waals surface area contributed by atoms with Crippen molar-refractivity contribution in [3.63, 3.8) is 0 Å². The number of thioether (sulfide) groups is 1. The SMILES string of the molecule is O=C(O)CN1C(=O)[C@@H]2[C@H]3C[C@@H]([C@H]4Sc5[nH]c(=O)sc5[C@H](c5c[nH]c6ccccc56)[C@@H]34)[C@H]2C1=O. The van der Waals surface area contributed by atoms with Crippen LogP contribution in [0, 0.1) is 29.6 Å². The summed E-state index contributed by atoms with van der Waals surface area (Å²) in [5, 5.41) is 11.3. The Kier molecular flexibility index (Phi) is 3.92. The summed E-state index contributed by atoms with van der Waals surface area (Å²) in [6.07, 6.45) is 2.80. The summed E-state index contributed by atoms with van der Waals surface area (Å²) in [5.41, 5.74) is 2.13. The number of likely N-dealkylation sites (tertiary alicyclic amines) is 1. The summed E-state index contributed by atoms with van der Waals surface area (Å²) in [6.45, 7) is -0.570. The largest absolute Gasteiger partial charge is 0.480 e. The van der Waals surface area contributed by atoms with E-state index in [0.717, 1.165) is 37.7 Å². The monoisotopic (exact) mass is 481 g/mol. The Bertz CT molecular complexity index is 1420. The van der Waals surface area contributed by atoms with Crippen molar-refractivity contribution in [2.75, 3.05) is 6.54 Å². The van der Waals surface area contributed by atoms with Gasteiger partial charge in [0.15, 0.2) is 0 Å². The number of H-pyrrole nitrogens is 2. The third-order valence-corrected chi connectivity index (χ3v) is 10.7. The van der Waals surface area contributed by atoms with Crippen LogP contribution in [0.25, 0.3) is 10.9 Å². The fourth-order valence-electron chi connectivity index (χ4n) is 7.07. The minimum atomic E-state index is -1.17. The Hall–Kier alpha value is -2.85. The standard InChI is InChI=1S/C23H19N3O5S2/c27-13(28)7-26-21(29)16-9-5-10(17(16)22(26)30)18-14(9)15(19-20(32-18)25-23(31)33-19)11-6-24-12-4-2-1-3-8(11)12/h1-4,6,9-10,14-18,24H,5,7H2,(H,25,31)(H,27,28)/t9-,10+,14+,15+,16+,17+,18+/m0/s1. The summed E-state index contributed by atoms with van der Waals surface area (Å²) in [5.74, 6) is -2.75. The van der Waals surface area contributed by atoms with Crippen LogP contribution in [0.1, 0.15) is 22.8 Å². The molecular formula is C23H19N3O5S2. The van der Waals surface area contributed by atoms with Crippen LogP contribution >= 0.6 is 23.1 Å². The molecule has 2 aliphatic heterocycles. The fraction of sp³-hybridized carbons (Fsp3) is 0.391. The van der Waals surface area contributed by atoms with Crippen molar-refractivity contribution in [1.82, 2.24) is 14.9 Å². The topological polar surface area (TPSA) is 123 Å². The second-order valence-electron chi connectivity index (χ2n) is 9.41. The molecule has 1 saturated heterocycles. The zero-order valence-corrected chi connectivity index (χ0v) is 18.8. The average molecular weight is 482 g/mol. The van der Waals surface area contributed by atoms with Crippen molar-refractivity contribution in [3.8, 4) is 0 Å². The maximum atomic E-state index is 13.2. The molecule has 33 heavy (non-hydrogen) atoms. The summed E-state index contributed by atoms with van der Waals surface area (Å²) >= 11 is 2.86. The first-order valence-corrected chi connectivity index (χ1v) is 12.7. The molecule has 8 nitrogen and oxygen atoms in total. The van der Waals surface area contributed by atoms with Crippen molar-refractivity contribution in [1.29, 1.82) is 0 Å². The van der Waals surface area contributed by atoms with E-state index in [4.69, 9.17) is 0 Å². The van der Waals surface area contributed by atoms with E-state index in [-0.39, 0.29) is 45.6 Å². The molecule has 0 radical (unpaired) electrons. The van der Waals surface area contributed by atoms with E-state index in [2.05, 4.69) is 16.0 Å². The van der Waals surface area contributed by atoms with Gasteiger partial charge < -0.3 is 15.1 Å². The highest BCUT2D eigenvalue weighted by molar-refractivity contribution is 8.00. The lowest BCUT2D eigenvalue weighted by Crippen LogP contribution is -2.42. The van der Waals surface area contributed by atoms with Crippen molar-refractivity contribution >= 4 is 51.8 Å². The van der Waals surface area contributed by atoms with Crippen LogP contribution in [0.4, 0.5) is 0 Å². The molecule has 2 bridgehead atoms. The second-order valence-corrected chi connectivity index (χ2v) is 11.6. The number of hydrogen-bond donors (Lipinski definition) is 3. The smallest absolute Gasteiger partial charge is 0.323 e. The van der Waals surface area contributed by atoms with E-state index in [0.29, 0.717) is 0 Å². The maximum Gasteiger partial charge on any atom is 0.323 e. The third kappa shape index (κ3) is 2.48. The Morgan fingerprint density at radius 1 is 1.12 bits per heavy atom. The molecule has 2 aliphatic carbocycles. The molecule has 7 rings (SSSR count). The average Bonchev–Trinajstić information content (AvgIpc) is 3.57. The minimum absolute atomic E-state index is 0.00509. The van der Waals surface area contributed by atoms with Gasteiger partial charge in [-0.1, -0.05) is 29.5 Å². The Labute approximate surface area is 195 Å². The fourth-order valence-corrected chi connectivity index (χ4v) is 9.95. The van der Waals surface area contributed by atoms with Crippen molar-refractivity contribution < 1.29 is 19.5 Å². The van der Waals surface area contributed by atoms with E-state index in [1.807, 2.05) is 24.4 Å². The number of carboxylic acids is 1. The molecule has 10 heteroatoms. The lowest BCUT2D eigenvalue weighted by Gasteiger charge is -2.42. The molecule has 2 aromatic heterocycles. The lowest BCUT2D eigenvalue weighted by molar-refractivity contribution is -0.149. The normalized spacial score (nSPS) is 34.1. The van der Waals surface area contributed by atoms with Crippen molar-refractivity contribution in [3.05, 3.63) is 50.6 Å². The maximum absolute atomic E-state index is 13.2. The van der Waals surface area contributed by atoms with E-state index in [9.17, 15) is 24.3 Å². The molecule has 3 N–H and O–H groups in total. The number of para-hydroxylation sites is 1. The highest BCUT2D eigenvalue weighted by Crippen LogP contribution is 2.68. The molecule has 4 aliphatic rings. The van der Waals surface area contributed by atoms with Gasteiger partial charge in [0.1, 0.15) is 6.54 Å². The summed E-state index contributed by atoms with van der Waals surface area (Å²) < 4.78 is 0. The number of amides is 2. The van der Waals surface area contributed by atoms with Gasteiger partial charge in [-0.15, -0.1) is 11.8 Å². The van der Waals surface area contributed by atoms with Crippen LogP contribution < -0.4 is 4.87 Å². The quantitative estimate of drug-likeness (QED) is 0.494. The summed E-state index contributed by atoms with van der Waals surface area (Å²) in [4.78, 5) is 58.2. The van der Waals surface area contributed by atoms with Crippen LogP contribution in [0.3, 0.4) is 0 Å². The van der Waals surface area contributed by atoms with Crippen LogP contribution in [-0.4, -0.2) is 49.6 Å². The first-order chi connectivity index (χ1) is 15.9. The van der Waals surface area contributed by atoms with Crippen LogP contribution in [0.5, 0.6) is 0 Å². The van der Waals surface area contributed by atoms with Gasteiger partial charge in [-0.2, -0.15) is 0 Å². The number of aromatic nitrogens is 2. The highest BCUT2D eigenvalue weighted by atomic mass is 32.2. The first kappa shape index (κ1) is 19.6. The van der Waals surface area contributed by atoms with E-state index >= 15 is 0 Å². The molecule has 2 saturated carbocycles. The number of carboxylic acid groups (broad SMARTS) is 1. The van der Waals surface area contributed by atoms with Crippen molar-refractivity contribution in [2.24, 2.45) is 29.6 Å². The molecule has 4 heterocycles. The molecule has 0 unspecified atom stereocenters. The van der Waals surface area contributed by atoms with E-state index in [1.165, 1.54) is 11.3 Å². The van der Waals surface area contributed by atoms with Gasteiger partial charge in [-0.25, -0.2) is 0 Å². The first-order valence-electron chi connectivity index (χ1n) is 11.0. The number of carbonyl (C=O) groups excluding carboxylic acids is 2. The molecule has 0 spiro atoms.